The van der Waals surface area contributed by atoms with Gasteiger partial charge < -0.3 is 11.1 Å². The predicted octanol–water partition coefficient (Wildman–Crippen LogP) is 2.44. The van der Waals surface area contributed by atoms with Crippen LogP contribution in [0.1, 0.15) is 49.9 Å². The summed E-state index contributed by atoms with van der Waals surface area (Å²) in [5.74, 6) is 4.79. The van der Waals surface area contributed by atoms with Gasteiger partial charge in [0, 0.05) is 30.8 Å². The molecule has 4 aliphatic carbocycles. The molecule has 0 atom stereocenters. The molecule has 3 N–H and O–H groups in total. The van der Waals surface area contributed by atoms with Crippen LogP contribution in [0.25, 0.3) is 0 Å². The van der Waals surface area contributed by atoms with E-state index in [-0.39, 0.29) is 5.41 Å². The van der Waals surface area contributed by atoms with E-state index in [1.807, 2.05) is 13.2 Å². The lowest BCUT2D eigenvalue weighted by Gasteiger charge is -2.56. The van der Waals surface area contributed by atoms with E-state index in [9.17, 15) is 0 Å². The van der Waals surface area contributed by atoms with Crippen molar-refractivity contribution in [3.05, 3.63) is 17.6 Å². The molecule has 20 heavy (non-hydrogen) atoms. The van der Waals surface area contributed by atoms with E-state index in [1.165, 1.54) is 38.5 Å². The fourth-order valence-electron chi connectivity index (χ4n) is 5.41. The van der Waals surface area contributed by atoms with Gasteiger partial charge in [-0.25, -0.2) is 9.97 Å². The first-order valence-electron chi connectivity index (χ1n) is 7.96. The van der Waals surface area contributed by atoms with Crippen LogP contribution in [0.15, 0.2) is 6.20 Å². The summed E-state index contributed by atoms with van der Waals surface area (Å²) < 4.78 is 0. The molecule has 0 unspecified atom stereocenters. The molecule has 4 nitrogen and oxygen atoms in total. The number of nitrogens with zero attached hydrogens (tertiary/aromatic N) is 2. The summed E-state index contributed by atoms with van der Waals surface area (Å²) in [5.41, 5.74) is 7.05. The SMILES string of the molecule is CNc1nc(C23CC4CC(CC(C4)C2)C3)ncc1CN. The Bertz CT molecular complexity index is 490. The van der Waals surface area contributed by atoms with Gasteiger partial charge in [0.05, 0.1) is 0 Å². The Balaban J connectivity index is 1.73. The highest BCUT2D eigenvalue weighted by atomic mass is 15.0. The van der Waals surface area contributed by atoms with Crippen LogP contribution in [0.3, 0.4) is 0 Å². The minimum absolute atomic E-state index is 0.271. The van der Waals surface area contributed by atoms with Gasteiger partial charge in [-0.05, 0) is 56.3 Å². The first-order valence-corrected chi connectivity index (χ1v) is 7.96. The van der Waals surface area contributed by atoms with E-state index in [1.54, 1.807) is 0 Å². The van der Waals surface area contributed by atoms with Gasteiger partial charge in [0.1, 0.15) is 11.6 Å². The molecule has 4 saturated carbocycles. The first-order chi connectivity index (χ1) is 9.72. The standard InChI is InChI=1S/C16H24N4/c1-18-14-13(8-17)9-19-15(20-14)16-5-10-2-11(6-16)4-12(3-10)7-16/h9-12H,2-8,17H2,1H3,(H,18,19,20). The lowest BCUT2D eigenvalue weighted by Crippen LogP contribution is -2.49. The van der Waals surface area contributed by atoms with E-state index < -0.39 is 0 Å². The van der Waals surface area contributed by atoms with Crippen molar-refractivity contribution in [3.8, 4) is 0 Å². The molecule has 0 aliphatic heterocycles. The number of hydrogen-bond donors (Lipinski definition) is 2. The van der Waals surface area contributed by atoms with Crippen LogP contribution >= 0.6 is 0 Å². The zero-order valence-electron chi connectivity index (χ0n) is 12.2. The summed E-state index contributed by atoms with van der Waals surface area (Å²) >= 11 is 0. The maximum absolute atomic E-state index is 5.76. The van der Waals surface area contributed by atoms with Crippen molar-refractivity contribution < 1.29 is 0 Å². The minimum atomic E-state index is 0.271. The lowest BCUT2D eigenvalue weighted by atomic mass is 9.49. The van der Waals surface area contributed by atoms with Gasteiger partial charge in [-0.1, -0.05) is 0 Å². The quantitative estimate of drug-likeness (QED) is 0.887. The summed E-state index contributed by atoms with van der Waals surface area (Å²) in [5, 5.41) is 3.19. The normalized spacial score (nSPS) is 38.2. The van der Waals surface area contributed by atoms with Gasteiger partial charge in [0.2, 0.25) is 0 Å². The van der Waals surface area contributed by atoms with Crippen LogP contribution in [-0.2, 0) is 12.0 Å². The highest BCUT2D eigenvalue weighted by Crippen LogP contribution is 2.60. The summed E-state index contributed by atoms with van der Waals surface area (Å²) in [6, 6.07) is 0. The third-order valence-electron chi connectivity index (χ3n) is 5.83. The number of aromatic nitrogens is 2. The van der Waals surface area contributed by atoms with E-state index >= 15 is 0 Å². The lowest BCUT2D eigenvalue weighted by molar-refractivity contribution is -0.00935. The molecule has 1 aromatic heterocycles. The summed E-state index contributed by atoms with van der Waals surface area (Å²) in [7, 11) is 1.92. The zero-order chi connectivity index (χ0) is 13.7. The second-order valence-electron chi connectivity index (χ2n) is 7.22. The van der Waals surface area contributed by atoms with Crippen LogP contribution in [0.2, 0.25) is 0 Å². The summed E-state index contributed by atoms with van der Waals surface area (Å²) in [6.07, 6.45) is 10.2. The third kappa shape index (κ3) is 1.77. The Labute approximate surface area is 120 Å². The van der Waals surface area contributed by atoms with Crippen LogP contribution in [0.4, 0.5) is 5.82 Å². The molecule has 0 amide bonds. The Morgan fingerprint density at radius 1 is 1.20 bits per heavy atom. The van der Waals surface area contributed by atoms with E-state index in [0.717, 1.165) is 35.0 Å². The first kappa shape index (κ1) is 12.6. The minimum Gasteiger partial charge on any atom is -0.373 e. The van der Waals surface area contributed by atoms with Crippen molar-refractivity contribution in [2.75, 3.05) is 12.4 Å². The smallest absolute Gasteiger partial charge is 0.136 e. The fraction of sp³-hybridized carbons (Fsp3) is 0.750. The van der Waals surface area contributed by atoms with Crippen molar-refractivity contribution in [1.29, 1.82) is 0 Å². The number of anilines is 1. The van der Waals surface area contributed by atoms with Crippen LogP contribution < -0.4 is 11.1 Å². The molecule has 0 spiro atoms. The fourth-order valence-corrected chi connectivity index (χ4v) is 5.41. The van der Waals surface area contributed by atoms with Gasteiger partial charge in [0.15, 0.2) is 0 Å². The molecule has 4 heteroatoms. The van der Waals surface area contributed by atoms with Crippen molar-refractivity contribution in [1.82, 2.24) is 9.97 Å². The molecule has 4 bridgehead atoms. The zero-order valence-corrected chi connectivity index (χ0v) is 12.2. The van der Waals surface area contributed by atoms with Gasteiger partial charge in [-0.15, -0.1) is 0 Å². The monoisotopic (exact) mass is 272 g/mol. The van der Waals surface area contributed by atoms with Crippen LogP contribution in [0.5, 0.6) is 0 Å². The Morgan fingerprint density at radius 3 is 2.30 bits per heavy atom. The van der Waals surface area contributed by atoms with Gasteiger partial charge in [-0.2, -0.15) is 0 Å². The summed E-state index contributed by atoms with van der Waals surface area (Å²) in [6.45, 7) is 0.497. The molecule has 4 fully saturated rings. The van der Waals surface area contributed by atoms with Crippen molar-refractivity contribution in [3.63, 3.8) is 0 Å². The average molecular weight is 272 g/mol. The van der Waals surface area contributed by atoms with E-state index in [4.69, 9.17) is 15.7 Å². The molecular formula is C16H24N4. The number of hydrogen-bond acceptors (Lipinski definition) is 4. The maximum Gasteiger partial charge on any atom is 0.136 e. The maximum atomic E-state index is 5.76. The molecule has 0 aromatic carbocycles. The molecular weight excluding hydrogens is 248 g/mol. The molecule has 0 radical (unpaired) electrons. The highest BCUT2D eigenvalue weighted by Gasteiger charge is 2.53. The van der Waals surface area contributed by atoms with Gasteiger partial charge >= 0.3 is 0 Å². The summed E-state index contributed by atoms with van der Waals surface area (Å²) in [4.78, 5) is 9.57. The Kier molecular flexibility index (Phi) is 2.78. The molecule has 108 valence electrons. The highest BCUT2D eigenvalue weighted by molar-refractivity contribution is 5.43. The van der Waals surface area contributed by atoms with Crippen molar-refractivity contribution in [2.45, 2.75) is 50.5 Å². The van der Waals surface area contributed by atoms with E-state index in [0.29, 0.717) is 6.54 Å². The molecule has 1 heterocycles. The van der Waals surface area contributed by atoms with Crippen LogP contribution in [-0.4, -0.2) is 17.0 Å². The second-order valence-corrected chi connectivity index (χ2v) is 7.22. The number of rotatable bonds is 3. The number of nitrogens with one attached hydrogen (secondary N) is 1. The largest absolute Gasteiger partial charge is 0.373 e. The third-order valence-corrected chi connectivity index (χ3v) is 5.83. The van der Waals surface area contributed by atoms with Crippen molar-refractivity contribution in [2.24, 2.45) is 23.5 Å². The van der Waals surface area contributed by atoms with Gasteiger partial charge in [0.25, 0.3) is 0 Å². The predicted molar refractivity (Wildman–Crippen MR) is 79.3 cm³/mol. The average Bonchev–Trinajstić information content (AvgIpc) is 2.45. The molecule has 0 saturated heterocycles. The number of nitrogens with two attached hydrogens (primary N) is 1. The topological polar surface area (TPSA) is 63.8 Å². The molecule has 4 aliphatic rings. The van der Waals surface area contributed by atoms with Crippen molar-refractivity contribution >= 4 is 5.82 Å². The molecule has 1 aromatic rings. The van der Waals surface area contributed by atoms with Gasteiger partial charge in [-0.3, -0.25) is 0 Å². The Morgan fingerprint density at radius 2 is 1.80 bits per heavy atom. The van der Waals surface area contributed by atoms with Crippen LogP contribution in [0, 0.1) is 17.8 Å². The molecule has 5 rings (SSSR count). The Hall–Kier alpha value is -1.16. The second kappa shape index (κ2) is 4.42. The van der Waals surface area contributed by atoms with E-state index in [2.05, 4.69) is 5.32 Å².